The number of hydrogen-bond acceptors (Lipinski definition) is 6. The first kappa shape index (κ1) is 17.6. The van der Waals surface area contributed by atoms with Crippen molar-refractivity contribution in [3.8, 4) is 5.75 Å². The fourth-order valence-corrected chi connectivity index (χ4v) is 1.89. The predicted molar refractivity (Wildman–Crippen MR) is 85.0 cm³/mol. The molecule has 0 spiro atoms. The van der Waals surface area contributed by atoms with Crippen LogP contribution in [-0.4, -0.2) is 39.2 Å². The lowest BCUT2D eigenvalue weighted by Crippen LogP contribution is -2.26. The summed E-state index contributed by atoms with van der Waals surface area (Å²) in [6.07, 6.45) is 0. The van der Waals surface area contributed by atoms with Crippen molar-refractivity contribution in [2.75, 3.05) is 27.4 Å². The molecule has 0 saturated carbocycles. The molecule has 128 valence electrons. The van der Waals surface area contributed by atoms with E-state index in [0.29, 0.717) is 30.2 Å². The van der Waals surface area contributed by atoms with Gasteiger partial charge in [0.2, 0.25) is 0 Å². The second-order valence-electron chi connectivity index (χ2n) is 4.82. The summed E-state index contributed by atoms with van der Waals surface area (Å²) in [4.78, 5) is 23.1. The number of hydrogen-bond donors (Lipinski definition) is 1. The van der Waals surface area contributed by atoms with Crippen LogP contribution in [0.5, 0.6) is 5.75 Å². The van der Waals surface area contributed by atoms with Crippen molar-refractivity contribution in [3.63, 3.8) is 0 Å². The zero-order valence-electron chi connectivity index (χ0n) is 13.5. The highest BCUT2D eigenvalue weighted by molar-refractivity contribution is 5.91. The number of methoxy groups -OCH3 is 2. The lowest BCUT2D eigenvalue weighted by Gasteiger charge is -2.05. The van der Waals surface area contributed by atoms with Crippen LogP contribution in [0.1, 0.15) is 26.7 Å². The smallest absolute Gasteiger partial charge is 0.337 e. The maximum atomic E-state index is 11.8. The van der Waals surface area contributed by atoms with E-state index >= 15 is 0 Å². The van der Waals surface area contributed by atoms with Gasteiger partial charge in [0.15, 0.2) is 5.76 Å². The zero-order valence-corrected chi connectivity index (χ0v) is 13.5. The minimum Gasteiger partial charge on any atom is -0.486 e. The van der Waals surface area contributed by atoms with Crippen LogP contribution in [-0.2, 0) is 16.1 Å². The lowest BCUT2D eigenvalue weighted by atomic mass is 10.2. The van der Waals surface area contributed by atoms with Crippen LogP contribution in [0.25, 0.3) is 0 Å². The average molecular weight is 333 g/mol. The summed E-state index contributed by atoms with van der Waals surface area (Å²) in [6, 6.07) is 9.80. The number of amides is 1. The maximum Gasteiger partial charge on any atom is 0.337 e. The number of furan rings is 1. The molecule has 0 saturated heterocycles. The molecule has 1 aromatic heterocycles. The Bertz CT molecular complexity index is 677. The van der Waals surface area contributed by atoms with Gasteiger partial charge in [0.25, 0.3) is 5.91 Å². The number of benzene rings is 1. The predicted octanol–water partition coefficient (Wildman–Crippen LogP) is 2.02. The Labute approximate surface area is 139 Å². The van der Waals surface area contributed by atoms with Crippen LogP contribution in [0.15, 0.2) is 40.8 Å². The van der Waals surface area contributed by atoms with Crippen molar-refractivity contribution in [1.82, 2.24) is 5.32 Å². The lowest BCUT2D eigenvalue weighted by molar-refractivity contribution is 0.0600. The van der Waals surface area contributed by atoms with Crippen LogP contribution < -0.4 is 10.1 Å². The molecule has 7 heteroatoms. The maximum absolute atomic E-state index is 11.8. The van der Waals surface area contributed by atoms with Gasteiger partial charge in [-0.3, -0.25) is 4.79 Å². The highest BCUT2D eigenvalue weighted by atomic mass is 16.5. The van der Waals surface area contributed by atoms with E-state index in [1.54, 1.807) is 43.5 Å². The highest BCUT2D eigenvalue weighted by Crippen LogP contribution is 2.16. The molecule has 0 aliphatic rings. The fraction of sp³-hybridized carbons (Fsp3) is 0.294. The minimum absolute atomic E-state index is 0.170. The van der Waals surface area contributed by atoms with Crippen LogP contribution >= 0.6 is 0 Å². The molecule has 0 atom stereocenters. The van der Waals surface area contributed by atoms with Crippen molar-refractivity contribution in [2.24, 2.45) is 0 Å². The number of nitrogens with one attached hydrogen (secondary N) is 1. The first-order valence-corrected chi connectivity index (χ1v) is 7.31. The largest absolute Gasteiger partial charge is 0.486 e. The fourth-order valence-electron chi connectivity index (χ4n) is 1.89. The van der Waals surface area contributed by atoms with Crippen LogP contribution in [0.2, 0.25) is 0 Å². The van der Waals surface area contributed by atoms with E-state index in [2.05, 4.69) is 10.1 Å². The van der Waals surface area contributed by atoms with Crippen molar-refractivity contribution >= 4 is 11.9 Å². The molecule has 1 N–H and O–H groups in total. The van der Waals surface area contributed by atoms with Gasteiger partial charge in [-0.1, -0.05) is 0 Å². The second kappa shape index (κ2) is 8.73. The molecule has 0 bridgehead atoms. The van der Waals surface area contributed by atoms with Gasteiger partial charge in [-0.25, -0.2) is 4.79 Å². The van der Waals surface area contributed by atoms with Crippen molar-refractivity contribution in [1.29, 1.82) is 0 Å². The number of carbonyl (C=O) groups is 2. The number of rotatable bonds is 8. The molecule has 1 amide bonds. The standard InChI is InChI=1S/C17H19NO6/c1-21-10-9-18-16(19)15-8-7-14(24-15)11-23-13-5-3-12(4-6-13)17(20)22-2/h3-8H,9-11H2,1-2H3,(H,18,19). The molecule has 1 heterocycles. The second-order valence-corrected chi connectivity index (χ2v) is 4.82. The van der Waals surface area contributed by atoms with Crippen molar-refractivity contribution < 1.29 is 28.2 Å². The third kappa shape index (κ3) is 4.85. The molecule has 0 aliphatic heterocycles. The van der Waals surface area contributed by atoms with Gasteiger partial charge < -0.3 is 23.9 Å². The zero-order chi connectivity index (χ0) is 17.4. The first-order chi connectivity index (χ1) is 11.6. The van der Waals surface area contributed by atoms with E-state index < -0.39 is 5.97 Å². The molecule has 0 aliphatic carbocycles. The average Bonchev–Trinajstić information content (AvgIpc) is 3.09. The summed E-state index contributed by atoms with van der Waals surface area (Å²) in [7, 11) is 2.89. The van der Waals surface area contributed by atoms with Gasteiger partial charge in [-0.15, -0.1) is 0 Å². The monoisotopic (exact) mass is 333 g/mol. The van der Waals surface area contributed by atoms with Gasteiger partial charge in [-0.2, -0.15) is 0 Å². The van der Waals surface area contributed by atoms with E-state index in [9.17, 15) is 9.59 Å². The SMILES string of the molecule is COCCNC(=O)c1ccc(COc2ccc(C(=O)OC)cc2)o1. The minimum atomic E-state index is -0.406. The summed E-state index contributed by atoms with van der Waals surface area (Å²) in [5.41, 5.74) is 0.442. The summed E-state index contributed by atoms with van der Waals surface area (Å²) in [5, 5.41) is 2.67. The molecular weight excluding hydrogens is 314 g/mol. The van der Waals surface area contributed by atoms with E-state index in [-0.39, 0.29) is 18.3 Å². The molecule has 2 aromatic rings. The quantitative estimate of drug-likeness (QED) is 0.587. The van der Waals surface area contributed by atoms with Gasteiger partial charge in [0.1, 0.15) is 18.1 Å². The topological polar surface area (TPSA) is 87.0 Å². The molecular formula is C17H19NO6. The normalized spacial score (nSPS) is 10.2. The Morgan fingerprint density at radius 3 is 2.50 bits per heavy atom. The molecule has 7 nitrogen and oxygen atoms in total. The van der Waals surface area contributed by atoms with Gasteiger partial charge in [0.05, 0.1) is 19.3 Å². The Balaban J connectivity index is 1.86. The summed E-state index contributed by atoms with van der Waals surface area (Å²) >= 11 is 0. The summed E-state index contributed by atoms with van der Waals surface area (Å²) < 4.78 is 20.5. The molecule has 1 aromatic carbocycles. The number of ether oxygens (including phenoxy) is 3. The molecule has 0 fully saturated rings. The number of esters is 1. The Hall–Kier alpha value is -2.80. The molecule has 0 unspecified atom stereocenters. The van der Waals surface area contributed by atoms with Crippen LogP contribution in [0.4, 0.5) is 0 Å². The molecule has 24 heavy (non-hydrogen) atoms. The molecule has 2 rings (SSSR count). The summed E-state index contributed by atoms with van der Waals surface area (Å²) in [6.45, 7) is 1.02. The van der Waals surface area contributed by atoms with Gasteiger partial charge in [0, 0.05) is 13.7 Å². The van der Waals surface area contributed by atoms with Crippen LogP contribution in [0, 0.1) is 0 Å². The van der Waals surface area contributed by atoms with Crippen molar-refractivity contribution in [3.05, 3.63) is 53.5 Å². The van der Waals surface area contributed by atoms with Gasteiger partial charge >= 0.3 is 5.97 Å². The third-order valence-corrected chi connectivity index (χ3v) is 3.13. The Morgan fingerprint density at radius 1 is 1.08 bits per heavy atom. The number of carbonyl (C=O) groups excluding carboxylic acids is 2. The van der Waals surface area contributed by atoms with E-state index in [1.807, 2.05) is 0 Å². The highest BCUT2D eigenvalue weighted by Gasteiger charge is 2.11. The third-order valence-electron chi connectivity index (χ3n) is 3.13. The Kier molecular flexibility index (Phi) is 6.39. The van der Waals surface area contributed by atoms with Gasteiger partial charge in [-0.05, 0) is 36.4 Å². The molecule has 0 radical (unpaired) electrons. The van der Waals surface area contributed by atoms with E-state index in [1.165, 1.54) is 7.11 Å². The van der Waals surface area contributed by atoms with E-state index in [0.717, 1.165) is 0 Å². The Morgan fingerprint density at radius 2 is 1.83 bits per heavy atom. The van der Waals surface area contributed by atoms with E-state index in [4.69, 9.17) is 13.9 Å². The first-order valence-electron chi connectivity index (χ1n) is 7.31. The summed E-state index contributed by atoms with van der Waals surface area (Å²) in [5.74, 6) is 0.595. The van der Waals surface area contributed by atoms with Crippen LogP contribution in [0.3, 0.4) is 0 Å². The van der Waals surface area contributed by atoms with Crippen molar-refractivity contribution in [2.45, 2.75) is 6.61 Å².